The minimum Gasteiger partial charge on any atom is -0.464 e. The molecule has 0 spiro atoms. The second-order valence-electron chi connectivity index (χ2n) is 5.25. The predicted molar refractivity (Wildman–Crippen MR) is 73.4 cm³/mol. The highest BCUT2D eigenvalue weighted by Crippen LogP contribution is 2.27. The van der Waals surface area contributed by atoms with Crippen molar-refractivity contribution in [3.05, 3.63) is 17.6 Å². The van der Waals surface area contributed by atoms with Crippen molar-refractivity contribution in [2.45, 2.75) is 38.1 Å². The molecule has 0 saturated carbocycles. The molecule has 0 bridgehead atoms. The number of piperidine rings is 1. The topological polar surface area (TPSA) is 62.6 Å². The van der Waals surface area contributed by atoms with E-state index in [2.05, 4.69) is 12.2 Å². The Balaban J connectivity index is 2.24. The monoisotopic (exact) mass is 286 g/mol. The van der Waals surface area contributed by atoms with Crippen molar-refractivity contribution in [1.29, 1.82) is 0 Å². The Morgan fingerprint density at radius 3 is 2.63 bits per heavy atom. The predicted octanol–water partition coefficient (Wildman–Crippen LogP) is 1.73. The number of nitrogens with one attached hydrogen (secondary N) is 1. The standard InChI is InChI=1S/C13H22N2O3S/c1-10-4-6-15(7-5-10)19(16,17)13-8-12(9-14-3)18-11(13)2/h8,10,14H,4-7,9H2,1-3H3. The van der Waals surface area contributed by atoms with E-state index < -0.39 is 10.0 Å². The number of sulfonamides is 1. The molecule has 1 aromatic heterocycles. The third-order valence-electron chi connectivity index (χ3n) is 3.63. The highest BCUT2D eigenvalue weighted by atomic mass is 32.2. The largest absolute Gasteiger partial charge is 0.464 e. The van der Waals surface area contributed by atoms with Gasteiger partial charge in [-0.05, 0) is 32.7 Å². The van der Waals surface area contributed by atoms with Crippen LogP contribution in [0, 0.1) is 12.8 Å². The van der Waals surface area contributed by atoms with Gasteiger partial charge in [-0.3, -0.25) is 0 Å². The smallest absolute Gasteiger partial charge is 0.246 e. The average molecular weight is 286 g/mol. The van der Waals surface area contributed by atoms with Gasteiger partial charge in [-0.15, -0.1) is 0 Å². The fourth-order valence-electron chi connectivity index (χ4n) is 2.41. The Labute approximate surface area is 115 Å². The SMILES string of the molecule is CNCc1cc(S(=O)(=O)N2CCC(C)CC2)c(C)o1. The lowest BCUT2D eigenvalue weighted by Gasteiger charge is -2.29. The van der Waals surface area contributed by atoms with Crippen molar-refractivity contribution in [2.24, 2.45) is 5.92 Å². The van der Waals surface area contributed by atoms with Gasteiger partial charge in [-0.2, -0.15) is 4.31 Å². The summed E-state index contributed by atoms with van der Waals surface area (Å²) in [5.41, 5.74) is 0. The quantitative estimate of drug-likeness (QED) is 0.915. The van der Waals surface area contributed by atoms with Crippen LogP contribution in [0.2, 0.25) is 0 Å². The van der Waals surface area contributed by atoms with Crippen LogP contribution in [0.5, 0.6) is 0 Å². The van der Waals surface area contributed by atoms with Crippen LogP contribution in [0.15, 0.2) is 15.4 Å². The van der Waals surface area contributed by atoms with Gasteiger partial charge >= 0.3 is 0 Å². The normalized spacial score (nSPS) is 18.9. The maximum Gasteiger partial charge on any atom is 0.246 e. The molecule has 2 heterocycles. The van der Waals surface area contributed by atoms with Crippen molar-refractivity contribution < 1.29 is 12.8 Å². The molecular weight excluding hydrogens is 264 g/mol. The van der Waals surface area contributed by atoms with Crippen LogP contribution < -0.4 is 5.32 Å². The molecule has 1 saturated heterocycles. The summed E-state index contributed by atoms with van der Waals surface area (Å²) in [6.45, 7) is 5.62. The molecule has 108 valence electrons. The van der Waals surface area contributed by atoms with Crippen LogP contribution in [-0.4, -0.2) is 32.9 Å². The Morgan fingerprint density at radius 1 is 1.42 bits per heavy atom. The van der Waals surface area contributed by atoms with Gasteiger partial charge in [0, 0.05) is 19.2 Å². The Morgan fingerprint density at radius 2 is 2.05 bits per heavy atom. The number of hydrogen-bond acceptors (Lipinski definition) is 4. The van der Waals surface area contributed by atoms with E-state index in [1.807, 2.05) is 0 Å². The molecule has 0 radical (unpaired) electrons. The molecule has 1 N–H and O–H groups in total. The van der Waals surface area contributed by atoms with Crippen molar-refractivity contribution in [3.63, 3.8) is 0 Å². The first-order valence-electron chi connectivity index (χ1n) is 6.69. The van der Waals surface area contributed by atoms with Crippen molar-refractivity contribution in [3.8, 4) is 0 Å². The zero-order valence-electron chi connectivity index (χ0n) is 11.8. The second-order valence-corrected chi connectivity index (χ2v) is 7.16. The first-order valence-corrected chi connectivity index (χ1v) is 8.13. The van der Waals surface area contributed by atoms with E-state index in [9.17, 15) is 8.42 Å². The van der Waals surface area contributed by atoms with Gasteiger partial charge < -0.3 is 9.73 Å². The molecule has 1 aromatic rings. The number of aryl methyl sites for hydroxylation is 1. The van der Waals surface area contributed by atoms with Crippen LogP contribution in [0.1, 0.15) is 31.3 Å². The van der Waals surface area contributed by atoms with Crippen molar-refractivity contribution >= 4 is 10.0 Å². The summed E-state index contributed by atoms with van der Waals surface area (Å²) in [4.78, 5) is 0.312. The fourth-order valence-corrected chi connectivity index (χ4v) is 4.06. The van der Waals surface area contributed by atoms with Crippen LogP contribution >= 0.6 is 0 Å². The van der Waals surface area contributed by atoms with Gasteiger partial charge in [0.05, 0.1) is 6.54 Å². The van der Waals surface area contributed by atoms with Gasteiger partial charge in [0.15, 0.2) is 0 Å². The van der Waals surface area contributed by atoms with Crippen molar-refractivity contribution in [2.75, 3.05) is 20.1 Å². The fraction of sp³-hybridized carbons (Fsp3) is 0.692. The molecule has 0 aromatic carbocycles. The lowest BCUT2D eigenvalue weighted by Crippen LogP contribution is -2.37. The van der Waals surface area contributed by atoms with Gasteiger partial charge in [0.25, 0.3) is 0 Å². The minimum absolute atomic E-state index is 0.312. The van der Waals surface area contributed by atoms with Gasteiger partial charge in [0.2, 0.25) is 10.0 Å². The number of rotatable bonds is 4. The summed E-state index contributed by atoms with van der Waals surface area (Å²) in [5, 5.41) is 2.96. The van der Waals surface area contributed by atoms with Gasteiger partial charge in [-0.25, -0.2) is 8.42 Å². The van der Waals surface area contributed by atoms with E-state index in [1.54, 1.807) is 24.3 Å². The van der Waals surface area contributed by atoms with Crippen molar-refractivity contribution in [1.82, 2.24) is 9.62 Å². The highest BCUT2D eigenvalue weighted by Gasteiger charge is 2.31. The zero-order chi connectivity index (χ0) is 14.0. The Bertz CT molecular complexity index is 528. The minimum atomic E-state index is -3.40. The van der Waals surface area contributed by atoms with E-state index in [0.29, 0.717) is 42.0 Å². The number of furan rings is 1. The van der Waals surface area contributed by atoms with Crippen LogP contribution in [0.3, 0.4) is 0 Å². The summed E-state index contributed by atoms with van der Waals surface area (Å²) in [5.74, 6) is 1.74. The first kappa shape index (κ1) is 14.6. The molecule has 1 aliphatic heterocycles. The molecule has 19 heavy (non-hydrogen) atoms. The molecular formula is C13H22N2O3S. The van der Waals surface area contributed by atoms with E-state index in [4.69, 9.17) is 4.42 Å². The summed E-state index contributed by atoms with van der Waals surface area (Å²) in [6, 6.07) is 1.64. The molecule has 1 aliphatic rings. The number of nitrogens with zero attached hydrogens (tertiary/aromatic N) is 1. The maximum absolute atomic E-state index is 12.6. The zero-order valence-corrected chi connectivity index (χ0v) is 12.6. The van der Waals surface area contributed by atoms with Gasteiger partial charge in [0.1, 0.15) is 16.4 Å². The molecule has 0 amide bonds. The average Bonchev–Trinajstić information content (AvgIpc) is 2.72. The maximum atomic E-state index is 12.6. The van der Waals surface area contributed by atoms with Crippen LogP contribution in [-0.2, 0) is 16.6 Å². The molecule has 0 atom stereocenters. The molecule has 0 aliphatic carbocycles. The van der Waals surface area contributed by atoms with E-state index >= 15 is 0 Å². The molecule has 2 rings (SSSR count). The van der Waals surface area contributed by atoms with Crippen LogP contribution in [0.4, 0.5) is 0 Å². The third-order valence-corrected chi connectivity index (χ3v) is 5.64. The summed E-state index contributed by atoms with van der Waals surface area (Å²) in [6.07, 6.45) is 1.86. The van der Waals surface area contributed by atoms with Crippen LogP contribution in [0.25, 0.3) is 0 Å². The van der Waals surface area contributed by atoms with E-state index in [1.165, 1.54) is 0 Å². The molecule has 6 heteroatoms. The Hall–Kier alpha value is -0.850. The Kier molecular flexibility index (Phi) is 4.32. The van der Waals surface area contributed by atoms with E-state index in [0.717, 1.165) is 12.8 Å². The first-order chi connectivity index (χ1) is 8.95. The molecule has 0 unspecified atom stereocenters. The van der Waals surface area contributed by atoms with E-state index in [-0.39, 0.29) is 0 Å². The molecule has 1 fully saturated rings. The molecule has 5 nitrogen and oxygen atoms in total. The lowest BCUT2D eigenvalue weighted by atomic mass is 10.0. The van der Waals surface area contributed by atoms with Gasteiger partial charge in [-0.1, -0.05) is 6.92 Å². The lowest BCUT2D eigenvalue weighted by molar-refractivity contribution is 0.287. The summed E-state index contributed by atoms with van der Waals surface area (Å²) in [7, 11) is -1.60. The number of hydrogen-bond donors (Lipinski definition) is 1. The highest BCUT2D eigenvalue weighted by molar-refractivity contribution is 7.89. The third kappa shape index (κ3) is 3.01. The second kappa shape index (κ2) is 5.64. The summed E-state index contributed by atoms with van der Waals surface area (Å²) < 4.78 is 32.2. The summed E-state index contributed by atoms with van der Waals surface area (Å²) >= 11 is 0.